The number of ketones is 1. The highest BCUT2D eigenvalue weighted by Gasteiger charge is 2.21. The summed E-state index contributed by atoms with van der Waals surface area (Å²) in [5.74, 6) is 1.99. The first-order valence-electron chi connectivity index (χ1n) is 8.31. The van der Waals surface area contributed by atoms with E-state index in [4.69, 9.17) is 9.47 Å². The summed E-state index contributed by atoms with van der Waals surface area (Å²) in [4.78, 5) is 11.5. The summed E-state index contributed by atoms with van der Waals surface area (Å²) in [7, 11) is 0. The number of hydrogen-bond acceptors (Lipinski definition) is 3. The zero-order chi connectivity index (χ0) is 14.8. The molecule has 3 heteroatoms. The van der Waals surface area contributed by atoms with Crippen molar-refractivity contribution in [2.75, 3.05) is 26.4 Å². The Labute approximate surface area is 124 Å². The molecule has 0 aromatic carbocycles. The lowest BCUT2D eigenvalue weighted by Gasteiger charge is -2.28. The fourth-order valence-corrected chi connectivity index (χ4v) is 2.74. The molecule has 0 aliphatic heterocycles. The number of ether oxygens (including phenoxy) is 2. The van der Waals surface area contributed by atoms with Gasteiger partial charge in [0.2, 0.25) is 0 Å². The molecule has 1 fully saturated rings. The maximum atomic E-state index is 11.5. The van der Waals surface area contributed by atoms with Crippen LogP contribution >= 0.6 is 0 Å². The van der Waals surface area contributed by atoms with E-state index in [0.717, 1.165) is 38.8 Å². The van der Waals surface area contributed by atoms with E-state index in [0.29, 0.717) is 18.1 Å². The van der Waals surface area contributed by atoms with Gasteiger partial charge in [-0.25, -0.2) is 0 Å². The van der Waals surface area contributed by atoms with Gasteiger partial charge in [-0.1, -0.05) is 13.8 Å². The number of Topliss-reactive ketones (excluding diaryl/α,β-unsaturated/α-hetero) is 1. The number of carbonyl (C=O) groups is 1. The summed E-state index contributed by atoms with van der Waals surface area (Å²) in [5, 5.41) is 0. The minimum absolute atomic E-state index is 0.163. The summed E-state index contributed by atoms with van der Waals surface area (Å²) in [5.41, 5.74) is 0. The largest absolute Gasteiger partial charge is 0.381 e. The van der Waals surface area contributed by atoms with Gasteiger partial charge in [-0.15, -0.1) is 0 Å². The van der Waals surface area contributed by atoms with E-state index in [1.807, 2.05) is 13.8 Å². The first-order chi connectivity index (χ1) is 9.63. The molecule has 0 atom stereocenters. The lowest BCUT2D eigenvalue weighted by atomic mass is 9.83. The topological polar surface area (TPSA) is 35.5 Å². The van der Waals surface area contributed by atoms with Crippen LogP contribution in [0, 0.1) is 17.8 Å². The Morgan fingerprint density at radius 2 is 1.60 bits per heavy atom. The smallest absolute Gasteiger partial charge is 0.135 e. The summed E-state index contributed by atoms with van der Waals surface area (Å²) >= 11 is 0. The minimum Gasteiger partial charge on any atom is -0.381 e. The third-order valence-corrected chi connectivity index (χ3v) is 4.23. The predicted octanol–water partition coefficient (Wildman–Crippen LogP) is 3.85. The standard InChI is InChI=1S/C17H32O3/c1-4-19-12-15-7-9-16(10-8-15)13-20-11-5-6-17(18)14(2)3/h14-16H,4-13H2,1-3H3. The highest BCUT2D eigenvalue weighted by Crippen LogP contribution is 2.29. The predicted molar refractivity (Wildman–Crippen MR) is 81.8 cm³/mol. The van der Waals surface area contributed by atoms with Gasteiger partial charge in [-0.2, -0.15) is 0 Å². The Kier molecular flexibility index (Phi) is 9.12. The molecule has 0 saturated heterocycles. The van der Waals surface area contributed by atoms with Crippen LogP contribution in [-0.4, -0.2) is 32.2 Å². The molecule has 3 nitrogen and oxygen atoms in total. The average Bonchev–Trinajstić information content (AvgIpc) is 2.45. The van der Waals surface area contributed by atoms with E-state index in [9.17, 15) is 4.79 Å². The second-order valence-corrected chi connectivity index (χ2v) is 6.35. The maximum absolute atomic E-state index is 11.5. The van der Waals surface area contributed by atoms with Gasteiger partial charge in [-0.3, -0.25) is 4.79 Å². The molecule has 0 heterocycles. The fourth-order valence-electron chi connectivity index (χ4n) is 2.74. The van der Waals surface area contributed by atoms with Crippen LogP contribution in [0.25, 0.3) is 0 Å². The van der Waals surface area contributed by atoms with Crippen LogP contribution in [0.5, 0.6) is 0 Å². The molecule has 0 bridgehead atoms. The molecule has 0 radical (unpaired) electrons. The van der Waals surface area contributed by atoms with E-state index in [1.165, 1.54) is 25.7 Å². The van der Waals surface area contributed by atoms with E-state index in [2.05, 4.69) is 6.92 Å². The highest BCUT2D eigenvalue weighted by molar-refractivity contribution is 5.80. The molecule has 0 aromatic heterocycles. The normalized spacial score (nSPS) is 23.2. The van der Waals surface area contributed by atoms with Crippen LogP contribution in [0.1, 0.15) is 59.3 Å². The van der Waals surface area contributed by atoms with Crippen molar-refractivity contribution in [3.63, 3.8) is 0 Å². The lowest BCUT2D eigenvalue weighted by molar-refractivity contribution is -0.122. The molecule has 0 amide bonds. The quantitative estimate of drug-likeness (QED) is 0.572. The Hall–Kier alpha value is -0.410. The monoisotopic (exact) mass is 284 g/mol. The van der Waals surface area contributed by atoms with Gasteiger partial charge < -0.3 is 9.47 Å². The minimum atomic E-state index is 0.163. The van der Waals surface area contributed by atoms with Gasteiger partial charge in [0.05, 0.1) is 0 Å². The number of hydrogen-bond donors (Lipinski definition) is 0. The second-order valence-electron chi connectivity index (χ2n) is 6.35. The van der Waals surface area contributed by atoms with Gasteiger partial charge in [0.25, 0.3) is 0 Å². The van der Waals surface area contributed by atoms with Crippen LogP contribution in [0.4, 0.5) is 0 Å². The average molecular weight is 284 g/mol. The van der Waals surface area contributed by atoms with Crippen molar-refractivity contribution in [3.8, 4) is 0 Å². The van der Waals surface area contributed by atoms with Crippen molar-refractivity contribution in [3.05, 3.63) is 0 Å². The molecule has 0 unspecified atom stereocenters. The molecular formula is C17H32O3. The van der Waals surface area contributed by atoms with Gasteiger partial charge in [0.15, 0.2) is 0 Å². The second kappa shape index (κ2) is 10.3. The van der Waals surface area contributed by atoms with Crippen molar-refractivity contribution in [2.45, 2.75) is 59.3 Å². The number of rotatable bonds is 10. The van der Waals surface area contributed by atoms with Gasteiger partial charge >= 0.3 is 0 Å². The van der Waals surface area contributed by atoms with E-state index in [1.54, 1.807) is 0 Å². The molecule has 0 aromatic rings. The Morgan fingerprint density at radius 1 is 1.05 bits per heavy atom. The molecule has 1 saturated carbocycles. The molecule has 0 N–H and O–H groups in total. The lowest BCUT2D eigenvalue weighted by Crippen LogP contribution is -2.22. The maximum Gasteiger partial charge on any atom is 0.135 e. The summed E-state index contributed by atoms with van der Waals surface area (Å²) in [6, 6.07) is 0. The van der Waals surface area contributed by atoms with Crippen molar-refractivity contribution in [1.82, 2.24) is 0 Å². The number of carbonyl (C=O) groups excluding carboxylic acids is 1. The van der Waals surface area contributed by atoms with E-state index in [-0.39, 0.29) is 5.92 Å². The summed E-state index contributed by atoms with van der Waals surface area (Å²) in [6.07, 6.45) is 6.63. The molecule has 118 valence electrons. The van der Waals surface area contributed by atoms with Crippen LogP contribution in [-0.2, 0) is 14.3 Å². The van der Waals surface area contributed by atoms with Crippen molar-refractivity contribution >= 4 is 5.78 Å². The first-order valence-corrected chi connectivity index (χ1v) is 8.31. The van der Waals surface area contributed by atoms with Gasteiger partial charge in [0, 0.05) is 38.8 Å². The van der Waals surface area contributed by atoms with Gasteiger partial charge in [-0.05, 0) is 50.9 Å². The van der Waals surface area contributed by atoms with Crippen molar-refractivity contribution < 1.29 is 14.3 Å². The highest BCUT2D eigenvalue weighted by atomic mass is 16.5. The zero-order valence-corrected chi connectivity index (χ0v) is 13.5. The zero-order valence-electron chi connectivity index (χ0n) is 13.5. The SMILES string of the molecule is CCOCC1CCC(COCCCC(=O)C(C)C)CC1. The Balaban J connectivity index is 1.97. The Morgan fingerprint density at radius 3 is 2.10 bits per heavy atom. The van der Waals surface area contributed by atoms with Crippen LogP contribution in [0.15, 0.2) is 0 Å². The molecular weight excluding hydrogens is 252 g/mol. The molecule has 1 aliphatic rings. The van der Waals surface area contributed by atoms with Crippen LogP contribution < -0.4 is 0 Å². The summed E-state index contributed by atoms with van der Waals surface area (Å²) < 4.78 is 11.2. The molecule has 0 spiro atoms. The van der Waals surface area contributed by atoms with E-state index < -0.39 is 0 Å². The van der Waals surface area contributed by atoms with Crippen molar-refractivity contribution in [2.24, 2.45) is 17.8 Å². The van der Waals surface area contributed by atoms with Crippen LogP contribution in [0.3, 0.4) is 0 Å². The van der Waals surface area contributed by atoms with Crippen molar-refractivity contribution in [1.29, 1.82) is 0 Å². The summed E-state index contributed by atoms with van der Waals surface area (Å²) in [6.45, 7) is 9.35. The van der Waals surface area contributed by atoms with Crippen LogP contribution in [0.2, 0.25) is 0 Å². The first kappa shape index (κ1) is 17.6. The Bertz CT molecular complexity index is 255. The third kappa shape index (κ3) is 7.39. The molecule has 20 heavy (non-hydrogen) atoms. The molecule has 1 aliphatic carbocycles. The third-order valence-electron chi connectivity index (χ3n) is 4.23. The van der Waals surface area contributed by atoms with Gasteiger partial charge in [0.1, 0.15) is 5.78 Å². The fraction of sp³-hybridized carbons (Fsp3) is 0.941. The van der Waals surface area contributed by atoms with E-state index >= 15 is 0 Å². The molecule has 1 rings (SSSR count).